The van der Waals surface area contributed by atoms with Gasteiger partial charge in [0.05, 0.1) is 0 Å². The molecule has 0 radical (unpaired) electrons. The summed E-state index contributed by atoms with van der Waals surface area (Å²) in [6.07, 6.45) is -1.97. The lowest BCUT2D eigenvalue weighted by Gasteiger charge is -2.36. The van der Waals surface area contributed by atoms with Crippen LogP contribution in [0.2, 0.25) is 0 Å². The molecule has 1 aliphatic heterocycles. The van der Waals surface area contributed by atoms with E-state index < -0.39 is 37.8 Å². The van der Waals surface area contributed by atoms with E-state index in [2.05, 4.69) is 5.10 Å². The lowest BCUT2D eigenvalue weighted by Crippen LogP contribution is -2.45. The summed E-state index contributed by atoms with van der Waals surface area (Å²) < 4.78 is 69.7. The minimum absolute atomic E-state index is 0.247. The molecule has 0 bridgehead atoms. The molecule has 0 amide bonds. The summed E-state index contributed by atoms with van der Waals surface area (Å²) in [4.78, 5) is -0.729. The fourth-order valence-electron chi connectivity index (χ4n) is 3.00. The molecule has 10 heteroatoms. The van der Waals surface area contributed by atoms with Gasteiger partial charge in [-0.25, -0.2) is 26.0 Å². The Morgan fingerprint density at radius 2 is 2.00 bits per heavy atom. The Balaban J connectivity index is 2.47. The fraction of sp³-hybridized carbons (Fsp3) is 0.769. The quantitative estimate of drug-likeness (QED) is 0.744. The van der Waals surface area contributed by atoms with Crippen molar-refractivity contribution in [3.05, 3.63) is 11.9 Å². The summed E-state index contributed by atoms with van der Waals surface area (Å²) in [7, 11) is -3.29. The van der Waals surface area contributed by atoms with Crippen molar-refractivity contribution in [3.63, 3.8) is 0 Å². The van der Waals surface area contributed by atoms with E-state index >= 15 is 4.39 Å². The second kappa shape index (κ2) is 6.60. The van der Waals surface area contributed by atoms with Crippen LogP contribution in [0.5, 0.6) is 0 Å². The molecule has 1 aromatic rings. The predicted octanol–water partition coefficient (Wildman–Crippen LogP) is 3.07. The van der Waals surface area contributed by atoms with Gasteiger partial charge in [0, 0.05) is 32.3 Å². The number of sulfone groups is 1. The lowest BCUT2D eigenvalue weighted by atomic mass is 9.91. The van der Waals surface area contributed by atoms with Gasteiger partial charge in [0.2, 0.25) is 14.8 Å². The Hall–Kier alpha value is -0.800. The molecule has 0 N–H and O–H groups in total. The molecule has 0 aliphatic carbocycles. The number of alkyl halides is 3. The summed E-state index contributed by atoms with van der Waals surface area (Å²) in [5, 5.41) is 0.860. The number of halogens is 4. The number of piperidine rings is 1. The van der Waals surface area contributed by atoms with Crippen LogP contribution in [0, 0.1) is 5.92 Å². The third-order valence-corrected chi connectivity index (χ3v) is 7.04. The number of hydrogen-bond acceptors (Lipinski definition) is 4. The zero-order valence-electron chi connectivity index (χ0n) is 12.8. The first kappa shape index (κ1) is 18.5. The smallest absolute Gasteiger partial charge is 0.274 e. The first-order chi connectivity index (χ1) is 10.6. The first-order valence-corrected chi connectivity index (χ1v) is 9.11. The Labute approximate surface area is 138 Å². The summed E-state index contributed by atoms with van der Waals surface area (Å²) in [6, 6.07) is 0. The first-order valence-electron chi connectivity index (χ1n) is 7.29. The SMILES string of the molecule is CC[C@](F)(C1CCN(Cl)CC1)S(=O)(=O)c1cn(C)nc1C(F)F. The van der Waals surface area contributed by atoms with Crippen LogP contribution in [0.4, 0.5) is 13.2 Å². The Bertz CT molecular complexity index is 659. The van der Waals surface area contributed by atoms with Gasteiger partial charge in [0.25, 0.3) is 6.43 Å². The molecule has 0 saturated carbocycles. The number of rotatable bonds is 5. The van der Waals surface area contributed by atoms with E-state index in [0.29, 0.717) is 13.1 Å². The van der Waals surface area contributed by atoms with Gasteiger partial charge in [-0.15, -0.1) is 0 Å². The summed E-state index contributed by atoms with van der Waals surface area (Å²) in [5.74, 6) is -0.793. The van der Waals surface area contributed by atoms with Crippen LogP contribution in [0.15, 0.2) is 11.1 Å². The Kier molecular flexibility index (Phi) is 5.32. The maximum absolute atomic E-state index is 15.5. The predicted molar refractivity (Wildman–Crippen MR) is 79.6 cm³/mol. The molecule has 1 aliphatic rings. The largest absolute Gasteiger partial charge is 0.283 e. The molecular weight excluding hydrogens is 355 g/mol. The van der Waals surface area contributed by atoms with Crippen LogP contribution in [0.1, 0.15) is 38.3 Å². The van der Waals surface area contributed by atoms with Crippen LogP contribution < -0.4 is 0 Å². The highest BCUT2D eigenvalue weighted by Crippen LogP contribution is 2.43. The average molecular weight is 374 g/mol. The van der Waals surface area contributed by atoms with E-state index in [9.17, 15) is 17.2 Å². The van der Waals surface area contributed by atoms with E-state index in [-0.39, 0.29) is 19.3 Å². The molecule has 23 heavy (non-hydrogen) atoms. The molecule has 2 rings (SSSR count). The van der Waals surface area contributed by atoms with E-state index in [1.165, 1.54) is 18.4 Å². The molecule has 132 valence electrons. The summed E-state index contributed by atoms with van der Waals surface area (Å²) >= 11 is 5.83. The number of aryl methyl sites for hydroxylation is 1. The number of hydrogen-bond donors (Lipinski definition) is 0. The second-order valence-corrected chi connectivity index (χ2v) is 8.28. The highest BCUT2D eigenvalue weighted by molar-refractivity contribution is 7.92. The number of aromatic nitrogens is 2. The van der Waals surface area contributed by atoms with E-state index in [4.69, 9.17) is 11.8 Å². The normalized spacial score (nSPS) is 20.8. The van der Waals surface area contributed by atoms with Crippen LogP contribution in [-0.4, -0.2) is 40.7 Å². The van der Waals surface area contributed by atoms with Crippen molar-refractivity contribution >= 4 is 21.6 Å². The van der Waals surface area contributed by atoms with Crippen molar-refractivity contribution in [2.75, 3.05) is 13.1 Å². The molecule has 1 fully saturated rings. The Morgan fingerprint density at radius 1 is 1.43 bits per heavy atom. The van der Waals surface area contributed by atoms with Gasteiger partial charge in [0.15, 0.2) is 0 Å². The van der Waals surface area contributed by atoms with Gasteiger partial charge >= 0.3 is 0 Å². The molecule has 1 saturated heterocycles. The lowest BCUT2D eigenvalue weighted by molar-refractivity contribution is 0.116. The van der Waals surface area contributed by atoms with Crippen molar-refractivity contribution in [1.82, 2.24) is 14.2 Å². The maximum Gasteiger partial charge on any atom is 0.283 e. The van der Waals surface area contributed by atoms with E-state index in [0.717, 1.165) is 10.9 Å². The average Bonchev–Trinajstić information content (AvgIpc) is 2.90. The molecule has 0 unspecified atom stereocenters. The molecule has 5 nitrogen and oxygen atoms in total. The molecular formula is C13H19ClF3N3O2S. The molecule has 0 spiro atoms. The van der Waals surface area contributed by atoms with Gasteiger partial charge < -0.3 is 0 Å². The van der Waals surface area contributed by atoms with E-state index in [1.54, 1.807) is 0 Å². The van der Waals surface area contributed by atoms with E-state index in [1.807, 2.05) is 0 Å². The monoisotopic (exact) mass is 373 g/mol. The second-order valence-electron chi connectivity index (χ2n) is 5.68. The van der Waals surface area contributed by atoms with Gasteiger partial charge in [-0.2, -0.15) is 5.10 Å². The van der Waals surface area contributed by atoms with Gasteiger partial charge in [0.1, 0.15) is 10.6 Å². The minimum Gasteiger partial charge on any atom is -0.274 e. The topological polar surface area (TPSA) is 55.2 Å². The molecule has 0 aromatic carbocycles. The third kappa shape index (κ3) is 3.23. The van der Waals surface area contributed by atoms with Crippen molar-refractivity contribution in [2.45, 2.75) is 42.5 Å². The van der Waals surface area contributed by atoms with Crippen LogP contribution in [0.3, 0.4) is 0 Å². The zero-order valence-corrected chi connectivity index (χ0v) is 14.4. The van der Waals surface area contributed by atoms with Gasteiger partial charge in [-0.1, -0.05) is 6.92 Å². The minimum atomic E-state index is -4.61. The van der Waals surface area contributed by atoms with Crippen LogP contribution in [-0.2, 0) is 16.9 Å². The third-order valence-electron chi connectivity index (χ3n) is 4.30. The highest BCUT2D eigenvalue weighted by Gasteiger charge is 2.52. The number of nitrogens with zero attached hydrogens (tertiary/aromatic N) is 3. The van der Waals surface area contributed by atoms with Crippen molar-refractivity contribution in [2.24, 2.45) is 13.0 Å². The molecule has 2 heterocycles. The van der Waals surface area contributed by atoms with Gasteiger partial charge in [-0.3, -0.25) is 4.68 Å². The van der Waals surface area contributed by atoms with Crippen molar-refractivity contribution in [3.8, 4) is 0 Å². The standard InChI is InChI=1S/C13H19ClF3N3O2S/c1-3-13(17,9-4-6-20(14)7-5-9)23(21,22)10-8-19(2)18-11(10)12(15)16/h8-9,12H,3-7H2,1-2H3/t13-/m1/s1. The van der Waals surface area contributed by atoms with Gasteiger partial charge in [-0.05, 0) is 31.0 Å². The summed E-state index contributed by atoms with van der Waals surface area (Å²) in [6.45, 7) is 2.10. The van der Waals surface area contributed by atoms with Crippen molar-refractivity contribution in [1.29, 1.82) is 0 Å². The molecule has 1 aromatic heterocycles. The fourth-order valence-corrected chi connectivity index (χ4v) is 5.31. The maximum atomic E-state index is 15.5. The van der Waals surface area contributed by atoms with Crippen LogP contribution in [0.25, 0.3) is 0 Å². The zero-order chi connectivity index (χ0) is 17.4. The van der Waals surface area contributed by atoms with Crippen LogP contribution >= 0.6 is 11.8 Å². The summed E-state index contributed by atoms with van der Waals surface area (Å²) in [5.41, 5.74) is -0.905. The Morgan fingerprint density at radius 3 is 2.48 bits per heavy atom. The highest BCUT2D eigenvalue weighted by atomic mass is 35.5. The molecule has 1 atom stereocenters. The van der Waals surface area contributed by atoms with Crippen molar-refractivity contribution < 1.29 is 21.6 Å².